The number of hydrogen-bond donors (Lipinski definition) is 1. The lowest BCUT2D eigenvalue weighted by atomic mass is 10.3. The Bertz CT molecular complexity index is 266. The molecule has 0 saturated heterocycles. The van der Waals surface area contributed by atoms with E-state index in [1.165, 1.54) is 0 Å². The molecule has 1 rings (SSSR count). The zero-order valence-corrected chi connectivity index (χ0v) is 6.64. The molecule has 3 heteroatoms. The minimum atomic E-state index is 0.325. The largest absolute Gasteiger partial charge is 0.288 e. The van der Waals surface area contributed by atoms with Crippen LogP contribution in [0.2, 0.25) is 0 Å². The van der Waals surface area contributed by atoms with Gasteiger partial charge in [-0.05, 0) is 12.1 Å². The van der Waals surface area contributed by atoms with Crippen molar-refractivity contribution in [2.24, 2.45) is 0 Å². The number of anilines is 1. The fraction of sp³-hybridized carbons (Fsp3) is 0.222. The van der Waals surface area contributed by atoms with Crippen LogP contribution in [0.25, 0.3) is 0 Å². The Hall–Kier alpha value is -1.53. The number of hydrogen-bond acceptors (Lipinski definition) is 3. The fourth-order valence-electron chi connectivity index (χ4n) is 0.885. The Morgan fingerprint density at radius 3 is 2.58 bits per heavy atom. The van der Waals surface area contributed by atoms with Gasteiger partial charge in [0, 0.05) is 0 Å². The number of rotatable bonds is 3. The summed E-state index contributed by atoms with van der Waals surface area (Å²) >= 11 is 0. The second-order valence-corrected chi connectivity index (χ2v) is 2.37. The zero-order valence-electron chi connectivity index (χ0n) is 6.64. The first-order valence-corrected chi connectivity index (χ1v) is 3.73. The summed E-state index contributed by atoms with van der Waals surface area (Å²) in [5.74, 6) is 0. The van der Waals surface area contributed by atoms with Crippen molar-refractivity contribution in [3.05, 3.63) is 30.3 Å². The summed E-state index contributed by atoms with van der Waals surface area (Å²) in [6.45, 7) is 0.348. The standard InChI is InChI=1S/C9H10N2O/c10-7-4-8-11(12)9-5-2-1-3-6-9/h1-3,5-6,12H,4,8H2. The SMILES string of the molecule is N#CCCN(O)c1ccccc1. The molecular formula is C9H10N2O. The Morgan fingerprint density at radius 1 is 1.33 bits per heavy atom. The van der Waals surface area contributed by atoms with Gasteiger partial charge in [0.15, 0.2) is 0 Å². The van der Waals surface area contributed by atoms with E-state index in [4.69, 9.17) is 5.26 Å². The number of nitrogens with zero attached hydrogens (tertiary/aromatic N) is 2. The van der Waals surface area contributed by atoms with Gasteiger partial charge in [-0.3, -0.25) is 10.3 Å². The lowest BCUT2D eigenvalue weighted by Gasteiger charge is -2.14. The molecule has 0 unspecified atom stereocenters. The summed E-state index contributed by atoms with van der Waals surface area (Å²) in [5, 5.41) is 18.7. The minimum Gasteiger partial charge on any atom is -0.288 e. The molecule has 62 valence electrons. The number of benzene rings is 1. The van der Waals surface area contributed by atoms with Crippen molar-refractivity contribution in [1.82, 2.24) is 0 Å². The first-order chi connectivity index (χ1) is 5.84. The van der Waals surface area contributed by atoms with Crippen molar-refractivity contribution in [2.45, 2.75) is 6.42 Å². The molecule has 0 spiro atoms. The zero-order chi connectivity index (χ0) is 8.81. The number of nitriles is 1. The van der Waals surface area contributed by atoms with Crippen molar-refractivity contribution in [1.29, 1.82) is 5.26 Å². The smallest absolute Gasteiger partial charge is 0.0641 e. The molecular weight excluding hydrogens is 152 g/mol. The summed E-state index contributed by atoms with van der Waals surface area (Å²) in [6.07, 6.45) is 0.325. The van der Waals surface area contributed by atoms with Gasteiger partial charge in [0.05, 0.1) is 24.7 Å². The molecule has 0 aliphatic carbocycles. The highest BCUT2D eigenvalue weighted by atomic mass is 16.5. The van der Waals surface area contributed by atoms with Gasteiger partial charge in [-0.2, -0.15) is 5.26 Å². The quantitative estimate of drug-likeness (QED) is 0.689. The second-order valence-electron chi connectivity index (χ2n) is 2.37. The van der Waals surface area contributed by atoms with Crippen LogP contribution in [-0.4, -0.2) is 11.8 Å². The van der Waals surface area contributed by atoms with E-state index >= 15 is 0 Å². The Balaban J connectivity index is 2.55. The average molecular weight is 162 g/mol. The van der Waals surface area contributed by atoms with Crippen LogP contribution in [-0.2, 0) is 0 Å². The lowest BCUT2D eigenvalue weighted by molar-refractivity contribution is 0.256. The van der Waals surface area contributed by atoms with Crippen LogP contribution >= 0.6 is 0 Å². The van der Waals surface area contributed by atoms with E-state index < -0.39 is 0 Å². The van der Waals surface area contributed by atoms with Crippen molar-refractivity contribution < 1.29 is 5.21 Å². The molecule has 0 aromatic heterocycles. The molecule has 0 aliphatic rings. The third-order valence-electron chi connectivity index (χ3n) is 1.49. The van der Waals surface area contributed by atoms with E-state index in [2.05, 4.69) is 0 Å². The summed E-state index contributed by atoms with van der Waals surface area (Å²) in [5.41, 5.74) is 0.716. The summed E-state index contributed by atoms with van der Waals surface area (Å²) in [6, 6.07) is 11.1. The summed E-state index contributed by atoms with van der Waals surface area (Å²) in [7, 11) is 0. The first-order valence-electron chi connectivity index (χ1n) is 3.73. The van der Waals surface area contributed by atoms with Gasteiger partial charge in [-0.1, -0.05) is 18.2 Å². The fourth-order valence-corrected chi connectivity index (χ4v) is 0.885. The van der Waals surface area contributed by atoms with Crippen molar-refractivity contribution >= 4 is 5.69 Å². The van der Waals surface area contributed by atoms with Gasteiger partial charge in [0.1, 0.15) is 0 Å². The minimum absolute atomic E-state index is 0.325. The third-order valence-corrected chi connectivity index (χ3v) is 1.49. The highest BCUT2D eigenvalue weighted by Gasteiger charge is 1.99. The average Bonchev–Trinajstić information content (AvgIpc) is 2.15. The lowest BCUT2D eigenvalue weighted by Crippen LogP contribution is -2.18. The van der Waals surface area contributed by atoms with Gasteiger partial charge < -0.3 is 0 Å². The monoisotopic (exact) mass is 162 g/mol. The number of hydroxylamine groups is 1. The summed E-state index contributed by atoms with van der Waals surface area (Å²) in [4.78, 5) is 0. The maximum absolute atomic E-state index is 9.33. The molecule has 0 bridgehead atoms. The maximum Gasteiger partial charge on any atom is 0.0641 e. The van der Waals surface area contributed by atoms with Crippen LogP contribution in [0.5, 0.6) is 0 Å². The highest BCUT2D eigenvalue weighted by molar-refractivity contribution is 5.42. The van der Waals surface area contributed by atoms with Gasteiger partial charge in [0.2, 0.25) is 0 Å². The van der Waals surface area contributed by atoms with Crippen LogP contribution < -0.4 is 5.06 Å². The topological polar surface area (TPSA) is 47.3 Å². The van der Waals surface area contributed by atoms with Crippen LogP contribution in [0.3, 0.4) is 0 Å². The molecule has 12 heavy (non-hydrogen) atoms. The molecule has 0 amide bonds. The van der Waals surface area contributed by atoms with Gasteiger partial charge in [-0.15, -0.1) is 0 Å². The van der Waals surface area contributed by atoms with E-state index in [0.29, 0.717) is 18.7 Å². The van der Waals surface area contributed by atoms with E-state index in [0.717, 1.165) is 5.06 Å². The molecule has 3 nitrogen and oxygen atoms in total. The Morgan fingerprint density at radius 2 is 2.00 bits per heavy atom. The molecule has 1 aromatic carbocycles. The van der Waals surface area contributed by atoms with Crippen LogP contribution in [0, 0.1) is 11.3 Å². The maximum atomic E-state index is 9.33. The molecule has 0 saturated carbocycles. The van der Waals surface area contributed by atoms with Crippen LogP contribution in [0.4, 0.5) is 5.69 Å². The number of para-hydroxylation sites is 1. The molecule has 0 aliphatic heterocycles. The molecule has 0 radical (unpaired) electrons. The van der Waals surface area contributed by atoms with E-state index in [1.54, 1.807) is 12.1 Å². The molecule has 0 atom stereocenters. The third kappa shape index (κ3) is 2.26. The van der Waals surface area contributed by atoms with Gasteiger partial charge in [0.25, 0.3) is 0 Å². The Labute approximate surface area is 71.4 Å². The van der Waals surface area contributed by atoms with Crippen LogP contribution in [0.15, 0.2) is 30.3 Å². The Kier molecular flexibility index (Phi) is 3.12. The van der Waals surface area contributed by atoms with Gasteiger partial charge in [-0.25, -0.2) is 0 Å². The molecule has 1 aromatic rings. The van der Waals surface area contributed by atoms with E-state index in [1.807, 2.05) is 24.3 Å². The second kappa shape index (κ2) is 4.37. The van der Waals surface area contributed by atoms with E-state index in [9.17, 15) is 5.21 Å². The normalized spacial score (nSPS) is 9.00. The van der Waals surface area contributed by atoms with Crippen LogP contribution in [0.1, 0.15) is 6.42 Å². The van der Waals surface area contributed by atoms with Gasteiger partial charge >= 0.3 is 0 Å². The molecule has 0 fully saturated rings. The first kappa shape index (κ1) is 8.57. The van der Waals surface area contributed by atoms with Crippen molar-refractivity contribution in [3.63, 3.8) is 0 Å². The van der Waals surface area contributed by atoms with E-state index in [-0.39, 0.29) is 0 Å². The summed E-state index contributed by atoms with van der Waals surface area (Å²) < 4.78 is 0. The predicted octanol–water partition coefficient (Wildman–Crippen LogP) is 1.80. The highest BCUT2D eigenvalue weighted by Crippen LogP contribution is 2.10. The molecule has 0 heterocycles. The van der Waals surface area contributed by atoms with Crippen molar-refractivity contribution in [3.8, 4) is 6.07 Å². The van der Waals surface area contributed by atoms with Crippen molar-refractivity contribution in [2.75, 3.05) is 11.6 Å². The molecule has 1 N–H and O–H groups in total. The predicted molar refractivity (Wildman–Crippen MR) is 45.8 cm³/mol.